The van der Waals surface area contributed by atoms with Crippen LogP contribution in [0.3, 0.4) is 0 Å². The lowest BCUT2D eigenvalue weighted by Gasteiger charge is -2.06. The molecule has 16 heavy (non-hydrogen) atoms. The first-order valence-corrected chi connectivity index (χ1v) is 4.60. The summed E-state index contributed by atoms with van der Waals surface area (Å²) in [6, 6.07) is 5.50. The molecule has 0 aliphatic carbocycles. The highest BCUT2D eigenvalue weighted by atomic mass is 35.5. The summed E-state index contributed by atoms with van der Waals surface area (Å²) in [5.74, 6) is -7.24. The molecule has 1 heterocycles. The van der Waals surface area contributed by atoms with Gasteiger partial charge < -0.3 is 9.52 Å². The SMILES string of the molecule is O=C(O)C(F)(F)c1cc2cccc(Cl)c2o1. The number of carboxylic acid groups (broad SMARTS) is 1. The van der Waals surface area contributed by atoms with Crippen LogP contribution in [0, 0.1) is 0 Å². The van der Waals surface area contributed by atoms with E-state index in [1.807, 2.05) is 0 Å². The topological polar surface area (TPSA) is 50.4 Å². The van der Waals surface area contributed by atoms with Crippen LogP contribution >= 0.6 is 11.6 Å². The maximum absolute atomic E-state index is 13.1. The van der Waals surface area contributed by atoms with Gasteiger partial charge in [0.05, 0.1) is 5.02 Å². The first-order chi connectivity index (χ1) is 7.43. The minimum Gasteiger partial charge on any atom is -0.476 e. The Morgan fingerprint density at radius 3 is 2.69 bits per heavy atom. The fraction of sp³-hybridized carbons (Fsp3) is 0.100. The van der Waals surface area contributed by atoms with Crippen molar-refractivity contribution in [2.45, 2.75) is 5.92 Å². The van der Waals surface area contributed by atoms with Gasteiger partial charge in [0.2, 0.25) is 0 Å². The molecule has 0 fully saturated rings. The van der Waals surface area contributed by atoms with Gasteiger partial charge in [-0.3, -0.25) is 0 Å². The quantitative estimate of drug-likeness (QED) is 0.885. The zero-order valence-corrected chi connectivity index (χ0v) is 8.46. The van der Waals surface area contributed by atoms with Gasteiger partial charge in [-0.25, -0.2) is 4.79 Å². The van der Waals surface area contributed by atoms with Crippen molar-refractivity contribution < 1.29 is 23.1 Å². The van der Waals surface area contributed by atoms with Crippen molar-refractivity contribution in [1.82, 2.24) is 0 Å². The van der Waals surface area contributed by atoms with Gasteiger partial charge >= 0.3 is 11.9 Å². The number of hydrogen-bond donors (Lipinski definition) is 1. The summed E-state index contributed by atoms with van der Waals surface area (Å²) in [6.45, 7) is 0. The summed E-state index contributed by atoms with van der Waals surface area (Å²) >= 11 is 5.71. The Labute approximate surface area is 93.2 Å². The molecule has 0 amide bonds. The Kier molecular flexibility index (Phi) is 2.35. The lowest BCUT2D eigenvalue weighted by molar-refractivity contribution is -0.168. The number of fused-ring (bicyclic) bond motifs is 1. The zero-order valence-electron chi connectivity index (χ0n) is 7.71. The summed E-state index contributed by atoms with van der Waals surface area (Å²) in [5.41, 5.74) is 0.0556. The molecule has 2 aromatic rings. The van der Waals surface area contributed by atoms with Gasteiger partial charge in [0.25, 0.3) is 0 Å². The van der Waals surface area contributed by atoms with Crippen molar-refractivity contribution in [2.24, 2.45) is 0 Å². The minimum absolute atomic E-state index is 0.0556. The van der Waals surface area contributed by atoms with E-state index in [0.717, 1.165) is 6.07 Å². The second-order valence-electron chi connectivity index (χ2n) is 3.15. The van der Waals surface area contributed by atoms with E-state index in [2.05, 4.69) is 0 Å². The number of aliphatic carboxylic acids is 1. The summed E-state index contributed by atoms with van der Waals surface area (Å²) in [5, 5.41) is 8.84. The number of carbonyl (C=O) groups is 1. The van der Waals surface area contributed by atoms with Gasteiger partial charge in [-0.05, 0) is 12.1 Å². The molecule has 0 aliphatic rings. The van der Waals surface area contributed by atoms with Crippen LogP contribution in [0.2, 0.25) is 5.02 Å². The normalized spacial score (nSPS) is 11.9. The molecular formula is C10H5ClF2O3. The molecule has 1 aromatic carbocycles. The van der Waals surface area contributed by atoms with Crippen LogP contribution < -0.4 is 0 Å². The Balaban J connectivity index is 2.64. The van der Waals surface area contributed by atoms with E-state index in [-0.39, 0.29) is 10.6 Å². The van der Waals surface area contributed by atoms with Crippen LogP contribution in [-0.2, 0) is 10.7 Å². The third kappa shape index (κ3) is 1.53. The van der Waals surface area contributed by atoms with Crippen molar-refractivity contribution in [3.05, 3.63) is 35.0 Å². The van der Waals surface area contributed by atoms with Crippen LogP contribution in [0.15, 0.2) is 28.7 Å². The molecule has 0 unspecified atom stereocenters. The van der Waals surface area contributed by atoms with Crippen molar-refractivity contribution in [3.8, 4) is 0 Å². The Hall–Kier alpha value is -1.62. The Morgan fingerprint density at radius 2 is 2.12 bits per heavy atom. The lowest BCUT2D eigenvalue weighted by Crippen LogP contribution is -2.24. The Morgan fingerprint density at radius 1 is 1.44 bits per heavy atom. The van der Waals surface area contributed by atoms with Crippen LogP contribution in [-0.4, -0.2) is 11.1 Å². The first-order valence-electron chi connectivity index (χ1n) is 4.22. The molecule has 0 saturated carbocycles. The lowest BCUT2D eigenvalue weighted by atomic mass is 10.2. The highest BCUT2D eigenvalue weighted by Crippen LogP contribution is 2.35. The number of carboxylic acids is 1. The Bertz CT molecular complexity index is 562. The first kappa shape index (κ1) is 10.9. The van der Waals surface area contributed by atoms with Crippen molar-refractivity contribution in [1.29, 1.82) is 0 Å². The van der Waals surface area contributed by atoms with Gasteiger partial charge in [0.1, 0.15) is 0 Å². The van der Waals surface area contributed by atoms with Gasteiger partial charge in [-0.1, -0.05) is 23.7 Å². The molecule has 0 spiro atoms. The molecule has 3 nitrogen and oxygen atoms in total. The average molecular weight is 247 g/mol. The summed E-state index contributed by atoms with van der Waals surface area (Å²) in [6.07, 6.45) is 0. The number of hydrogen-bond acceptors (Lipinski definition) is 2. The van der Waals surface area contributed by atoms with E-state index in [1.165, 1.54) is 12.1 Å². The number of alkyl halides is 2. The summed E-state index contributed by atoms with van der Waals surface area (Å²) in [7, 11) is 0. The van der Waals surface area contributed by atoms with E-state index in [9.17, 15) is 13.6 Å². The van der Waals surface area contributed by atoms with Crippen LogP contribution in [0.1, 0.15) is 5.76 Å². The van der Waals surface area contributed by atoms with E-state index >= 15 is 0 Å². The molecule has 1 N–H and O–H groups in total. The molecule has 84 valence electrons. The molecule has 0 atom stereocenters. The number of para-hydroxylation sites is 1. The predicted molar refractivity (Wildman–Crippen MR) is 52.8 cm³/mol. The van der Waals surface area contributed by atoms with E-state index in [1.54, 1.807) is 6.07 Å². The largest absolute Gasteiger partial charge is 0.476 e. The molecule has 6 heteroatoms. The van der Waals surface area contributed by atoms with Gasteiger partial charge in [-0.15, -0.1) is 0 Å². The second-order valence-corrected chi connectivity index (χ2v) is 3.56. The standard InChI is InChI=1S/C10H5ClF2O3/c11-6-3-1-2-5-4-7(16-8(5)6)10(12,13)9(14)15/h1-4H,(H,14,15). The predicted octanol–water partition coefficient (Wildman–Crippen LogP) is 3.26. The minimum atomic E-state index is -4.05. The second kappa shape index (κ2) is 3.45. The number of furan rings is 1. The van der Waals surface area contributed by atoms with Crippen molar-refractivity contribution in [3.63, 3.8) is 0 Å². The molecule has 2 rings (SSSR count). The highest BCUT2D eigenvalue weighted by Gasteiger charge is 2.44. The van der Waals surface area contributed by atoms with Gasteiger partial charge in [-0.2, -0.15) is 8.78 Å². The van der Waals surface area contributed by atoms with E-state index in [0.29, 0.717) is 5.39 Å². The van der Waals surface area contributed by atoms with E-state index in [4.69, 9.17) is 21.1 Å². The number of benzene rings is 1. The maximum atomic E-state index is 13.1. The number of halogens is 3. The van der Waals surface area contributed by atoms with Crippen LogP contribution in [0.5, 0.6) is 0 Å². The average Bonchev–Trinajstić information content (AvgIpc) is 2.63. The van der Waals surface area contributed by atoms with Crippen LogP contribution in [0.25, 0.3) is 11.0 Å². The number of rotatable bonds is 2. The highest BCUT2D eigenvalue weighted by molar-refractivity contribution is 6.34. The molecule has 0 saturated heterocycles. The third-order valence-corrected chi connectivity index (χ3v) is 2.37. The van der Waals surface area contributed by atoms with Crippen molar-refractivity contribution >= 4 is 28.5 Å². The zero-order chi connectivity index (χ0) is 11.9. The molecular weight excluding hydrogens is 242 g/mol. The fourth-order valence-corrected chi connectivity index (χ4v) is 1.51. The monoisotopic (exact) mass is 246 g/mol. The van der Waals surface area contributed by atoms with E-state index < -0.39 is 17.7 Å². The fourth-order valence-electron chi connectivity index (χ4n) is 1.29. The molecule has 0 aliphatic heterocycles. The molecule has 1 aromatic heterocycles. The summed E-state index contributed by atoms with van der Waals surface area (Å²) < 4.78 is 31.0. The van der Waals surface area contributed by atoms with Gasteiger partial charge in [0, 0.05) is 5.39 Å². The molecule has 0 bridgehead atoms. The maximum Gasteiger partial charge on any atom is 0.399 e. The smallest absolute Gasteiger partial charge is 0.399 e. The molecule has 0 radical (unpaired) electrons. The summed E-state index contributed by atoms with van der Waals surface area (Å²) in [4.78, 5) is 10.3. The van der Waals surface area contributed by atoms with Crippen LogP contribution in [0.4, 0.5) is 8.78 Å². The van der Waals surface area contributed by atoms with Crippen molar-refractivity contribution in [2.75, 3.05) is 0 Å². The van der Waals surface area contributed by atoms with Gasteiger partial charge in [0.15, 0.2) is 11.3 Å². The third-order valence-electron chi connectivity index (χ3n) is 2.07.